The molecule has 12 aromatic carbocycles. The van der Waals surface area contributed by atoms with Crippen molar-refractivity contribution in [2.75, 3.05) is 5.73 Å². The van der Waals surface area contributed by atoms with Crippen molar-refractivity contribution in [3.8, 4) is 6.07 Å². The largest absolute Gasteiger partial charge is 0.399 e. The van der Waals surface area contributed by atoms with Gasteiger partial charge < -0.3 is 5.73 Å². The van der Waals surface area contributed by atoms with Gasteiger partial charge in [-0.1, -0.05) is 220 Å². The molecule has 0 spiro atoms. The zero-order valence-electron chi connectivity index (χ0n) is 91.3. The Hall–Kier alpha value is -14.8. The predicted octanol–water partition coefficient (Wildman–Crippen LogP) is 34.2. The highest BCUT2D eigenvalue weighted by molar-refractivity contribution is 6.31. The number of nitriles is 1. The van der Waals surface area contributed by atoms with Gasteiger partial charge in [-0.3, -0.25) is 19.6 Å². The van der Waals surface area contributed by atoms with Crippen LogP contribution in [-0.2, 0) is 7.05 Å². The van der Waals surface area contributed by atoms with E-state index >= 15 is 0 Å². The third kappa shape index (κ3) is 53.2. The first-order valence-electron chi connectivity index (χ1n) is 47.4. The molecule has 0 aliphatic carbocycles. The maximum Gasteiger partial charge on any atom is 0.190 e. The van der Waals surface area contributed by atoms with E-state index in [1.165, 1.54) is 131 Å². The quantitative estimate of drug-likeness (QED) is 0.0878. The van der Waals surface area contributed by atoms with E-state index in [9.17, 15) is 22.0 Å². The molecule has 17 aromatic rings. The molecule has 756 valence electrons. The summed E-state index contributed by atoms with van der Waals surface area (Å²) in [6, 6.07) is 78.6. The molecular formula is C126H150ClF5N12. The lowest BCUT2D eigenvalue weighted by Gasteiger charge is -2.03. The van der Waals surface area contributed by atoms with E-state index < -0.39 is 11.6 Å². The van der Waals surface area contributed by atoms with Gasteiger partial charge in [0.25, 0.3) is 0 Å². The van der Waals surface area contributed by atoms with Crippen molar-refractivity contribution in [1.82, 2.24) is 44.9 Å². The van der Waals surface area contributed by atoms with E-state index in [1.807, 2.05) is 196 Å². The standard InChI is InChI=1S/C12H12.C9H8FN.C9H9N.2C9H12.C8H9Cl.C8H8F2.C8H10FN.C8H9F.2C8H10.C7H9N.3C6H8N2.C5H8N2/c1-9-7-8-10(2)12-6-4-3-5-11(9)12;1-6-4-9(10)7(2)3-8(6)5-11;1-7-4-5-8(2)9(6-7)10-3;2*1-7-4-5-8(2)9(3)6-7;1-6-3-4-7(2)8(9)5-6;1-5-3-7(9)6(2)8(10)4-5;1-5-4-8(10)6(2)3-7(5)9;1-6-3-4-7(2)8(9)5-6;1-7-3-5-8(2)6-4-7;1-7-4-3-5-8(2)6-7;1-6-3-4-7(2)8-5-6;1-5-3-8-6(2)4-7-5;1-5-3-7-6(2)8-4-5;1-5-3-4-6(2)8-7-5;1-5-3-6-7(2)4-5/h3-8H,1-2H3;3-4H,1-2H3;4-6H,1-2H3;2*4-6H,1-3H3;3-5H,1-2H3;3-4H,1-2H3;3-4H,10H2,1-2H3;3-5H,1-2H3;2*3-6H,1-2H3;3-5H,1-2H3;3*3-4H,1-2H3;3-4H,1-2H3. The van der Waals surface area contributed by atoms with Gasteiger partial charge in [-0.05, 0) is 412 Å². The number of fused-ring (bicyclic) bond motifs is 1. The summed E-state index contributed by atoms with van der Waals surface area (Å²) in [5, 5.41) is 23.8. The van der Waals surface area contributed by atoms with Gasteiger partial charge >= 0.3 is 0 Å². The Labute approximate surface area is 863 Å². The van der Waals surface area contributed by atoms with Crippen molar-refractivity contribution in [3.63, 3.8) is 0 Å². The number of nitrogens with two attached hydrogens (primary N) is 1. The topological polar surface area (TPSA) is 162 Å². The second kappa shape index (κ2) is 66.8. The van der Waals surface area contributed by atoms with Crippen molar-refractivity contribution >= 4 is 33.7 Å². The lowest BCUT2D eigenvalue weighted by atomic mass is 10.0. The highest BCUT2D eigenvalue weighted by Gasteiger charge is 2.07. The third-order valence-corrected chi connectivity index (χ3v) is 21.9. The fourth-order valence-corrected chi connectivity index (χ4v) is 12.2. The lowest BCUT2D eigenvalue weighted by Crippen LogP contribution is -1.92. The van der Waals surface area contributed by atoms with E-state index in [0.717, 1.165) is 78.4 Å². The molecule has 5 aromatic heterocycles. The number of nitrogens with zero attached hydrogens (tertiary/aromatic N) is 11. The van der Waals surface area contributed by atoms with Crippen molar-refractivity contribution in [2.45, 2.75) is 228 Å². The van der Waals surface area contributed by atoms with Crippen molar-refractivity contribution in [3.05, 3.63) is 516 Å². The van der Waals surface area contributed by atoms with Crippen LogP contribution in [0.4, 0.5) is 33.3 Å². The summed E-state index contributed by atoms with van der Waals surface area (Å²) in [4.78, 5) is 23.4. The Morgan fingerprint density at radius 1 is 0.285 bits per heavy atom. The van der Waals surface area contributed by atoms with Gasteiger partial charge in [-0.15, -0.1) is 0 Å². The van der Waals surface area contributed by atoms with Gasteiger partial charge in [0, 0.05) is 66.2 Å². The number of nitrogen functional groups attached to an aromatic ring is 1. The van der Waals surface area contributed by atoms with Crippen LogP contribution in [0.3, 0.4) is 0 Å². The Kier molecular flexibility index (Phi) is 58.1. The normalized spacial score (nSPS) is 9.54. The van der Waals surface area contributed by atoms with Gasteiger partial charge in [-0.2, -0.15) is 20.6 Å². The van der Waals surface area contributed by atoms with Crippen LogP contribution >= 0.6 is 11.6 Å². The van der Waals surface area contributed by atoms with Crippen LogP contribution in [-0.4, -0.2) is 44.9 Å². The number of halogens is 6. The van der Waals surface area contributed by atoms with Crippen LogP contribution in [0.25, 0.3) is 15.6 Å². The van der Waals surface area contributed by atoms with Crippen LogP contribution in [0.2, 0.25) is 5.02 Å². The molecule has 0 amide bonds. The number of benzene rings is 12. The highest BCUT2D eigenvalue weighted by atomic mass is 35.5. The number of rotatable bonds is 0. The number of aromatic nitrogens is 9. The zero-order valence-corrected chi connectivity index (χ0v) is 92.1. The summed E-state index contributed by atoms with van der Waals surface area (Å²) in [6.45, 7) is 71.4. The third-order valence-electron chi connectivity index (χ3n) is 21.5. The monoisotopic (exact) mass is 1960 g/mol. The van der Waals surface area contributed by atoms with Crippen molar-refractivity contribution in [2.24, 2.45) is 7.05 Å². The molecule has 144 heavy (non-hydrogen) atoms. The molecule has 0 aliphatic rings. The Morgan fingerprint density at radius 2 is 0.653 bits per heavy atom. The van der Waals surface area contributed by atoms with E-state index in [4.69, 9.17) is 29.2 Å². The fourth-order valence-electron chi connectivity index (χ4n) is 12.0. The molecule has 17 rings (SSSR count). The minimum Gasteiger partial charge on any atom is -0.399 e. The zero-order chi connectivity index (χ0) is 109. The molecule has 2 N–H and O–H groups in total. The molecule has 18 heteroatoms. The van der Waals surface area contributed by atoms with Gasteiger partial charge in [0.2, 0.25) is 0 Å². The number of hydrogen-bond acceptors (Lipinski definition) is 10. The van der Waals surface area contributed by atoms with Crippen LogP contribution in [0, 0.1) is 275 Å². The van der Waals surface area contributed by atoms with E-state index in [0.29, 0.717) is 39.1 Å². The minimum absolute atomic E-state index is 0.0885. The van der Waals surface area contributed by atoms with Crippen LogP contribution in [0.1, 0.15) is 190 Å². The highest BCUT2D eigenvalue weighted by Crippen LogP contribution is 2.24. The van der Waals surface area contributed by atoms with Gasteiger partial charge in [0.05, 0.1) is 47.2 Å². The minimum atomic E-state index is -0.475. The second-order valence-corrected chi connectivity index (χ2v) is 36.5. The SMILES string of the molecule is Cc1cc(C#N)c(C)cc1F.Cc1cc(F)c(C)c(F)c1.Cc1cc(F)c(C)cc1N.Cc1ccc(C)c(C)c1.Cc1ccc(C)c(C)c1.Cc1ccc(C)c(Cl)c1.Cc1ccc(C)c(F)c1.Cc1ccc(C)c2ccccc12.Cc1ccc(C)cc1.Cc1ccc(C)nc1.Cc1ccc(C)nn1.Cc1cccc(C)c1.Cc1cnc(C)cn1.Cc1cnc(C)nc1.Cc1cnn(C)c1.[C-]#[N+]c1cc(C)ccc1C. The Bertz CT molecular complexity index is 6120. The van der Waals surface area contributed by atoms with Crippen molar-refractivity contribution in [1.29, 1.82) is 5.26 Å². The number of anilines is 1. The average Bonchev–Trinajstić information content (AvgIpc) is 0.870. The van der Waals surface area contributed by atoms with Gasteiger partial charge in [0.1, 0.15) is 34.9 Å². The summed E-state index contributed by atoms with van der Waals surface area (Å²) in [5.41, 5.74) is 41.8. The number of pyridine rings is 1. The first-order valence-corrected chi connectivity index (χ1v) is 47.8. The maximum atomic E-state index is 12.8. The molecular weight excluding hydrogens is 1810 g/mol. The molecule has 0 saturated carbocycles. The molecule has 0 aliphatic heterocycles. The average molecular weight is 1960 g/mol. The maximum absolute atomic E-state index is 12.8. The summed E-state index contributed by atoms with van der Waals surface area (Å²) >= 11 is 5.81. The second-order valence-electron chi connectivity index (χ2n) is 36.1. The molecule has 0 unspecified atom stereocenters. The summed E-state index contributed by atoms with van der Waals surface area (Å²) < 4.78 is 65.1. The van der Waals surface area contributed by atoms with Gasteiger partial charge in [0.15, 0.2) is 5.69 Å². The van der Waals surface area contributed by atoms with Crippen LogP contribution < -0.4 is 5.73 Å². The van der Waals surface area contributed by atoms with Gasteiger partial charge in [-0.25, -0.2) is 36.8 Å². The fraction of sp³-hybridized carbons (Fsp3) is 0.270. The summed E-state index contributed by atoms with van der Waals surface area (Å²) in [5.74, 6) is -0.672. The number of hydrogen-bond donors (Lipinski definition) is 1. The summed E-state index contributed by atoms with van der Waals surface area (Å²) in [6.07, 6.45) is 12.8. The molecule has 5 heterocycles. The molecule has 0 radical (unpaired) electrons. The first kappa shape index (κ1) is 125. The predicted molar refractivity (Wildman–Crippen MR) is 598 cm³/mol. The lowest BCUT2D eigenvalue weighted by molar-refractivity contribution is 0.566. The Morgan fingerprint density at radius 3 is 0.986 bits per heavy atom. The van der Waals surface area contributed by atoms with Crippen molar-refractivity contribution < 1.29 is 22.0 Å². The van der Waals surface area contributed by atoms with E-state index in [1.54, 1.807) is 76.8 Å². The molecule has 0 atom stereocenters. The molecule has 0 fully saturated rings. The smallest absolute Gasteiger partial charge is 0.190 e. The van der Waals surface area contributed by atoms with E-state index in [2.05, 4.69) is 262 Å². The Balaban J connectivity index is 0.000000520. The first-order chi connectivity index (χ1) is 67.7. The van der Waals surface area contributed by atoms with E-state index in [-0.39, 0.29) is 23.0 Å². The number of aryl methyl sites for hydroxylation is 33. The molecule has 12 nitrogen and oxygen atoms in total. The van der Waals surface area contributed by atoms with Crippen LogP contribution in [0.15, 0.2) is 280 Å². The summed E-state index contributed by atoms with van der Waals surface area (Å²) in [7, 11) is 1.91. The molecule has 0 saturated heterocycles. The molecule has 0 bridgehead atoms. The van der Waals surface area contributed by atoms with Crippen LogP contribution in [0.5, 0.6) is 0 Å².